The van der Waals surface area contributed by atoms with Gasteiger partial charge >= 0.3 is 5.97 Å². The Morgan fingerprint density at radius 3 is 2.07 bits per heavy atom. The number of benzene rings is 2. The fraction of sp³-hybridized carbons (Fsp3) is 0.211. The first kappa shape index (κ1) is 19.9. The Morgan fingerprint density at radius 1 is 0.926 bits per heavy atom. The van der Waals surface area contributed by atoms with Gasteiger partial charge in [0.05, 0.1) is 5.56 Å². The van der Waals surface area contributed by atoms with Gasteiger partial charge in [0.15, 0.2) is 11.6 Å². The number of anilines is 2. The molecule has 142 valence electrons. The molecule has 2 aromatic rings. The molecule has 0 aliphatic heterocycles. The summed E-state index contributed by atoms with van der Waals surface area (Å²) in [5, 5.41) is 5.09. The molecule has 0 heterocycles. The van der Waals surface area contributed by atoms with Crippen molar-refractivity contribution >= 4 is 29.2 Å². The lowest BCUT2D eigenvalue weighted by Gasteiger charge is -2.11. The standard InChI is InChI=1S/C19H19FN2O5/c1-12(23)21-15-9-14(10-16(11-15)22-13(2)24)19(25)27-8-7-26-18-6-4-3-5-17(18)20/h3-6,9-11H,7-8H2,1-2H3,(H,21,23)(H,22,24). The molecule has 27 heavy (non-hydrogen) atoms. The van der Waals surface area contributed by atoms with E-state index in [2.05, 4.69) is 10.6 Å². The van der Waals surface area contributed by atoms with E-state index in [1.54, 1.807) is 6.07 Å². The van der Waals surface area contributed by atoms with Crippen LogP contribution in [0.1, 0.15) is 24.2 Å². The van der Waals surface area contributed by atoms with Crippen LogP contribution in [0, 0.1) is 5.82 Å². The van der Waals surface area contributed by atoms with Gasteiger partial charge in [-0.2, -0.15) is 0 Å². The number of para-hydroxylation sites is 1. The van der Waals surface area contributed by atoms with E-state index in [9.17, 15) is 18.8 Å². The molecular weight excluding hydrogens is 355 g/mol. The lowest BCUT2D eigenvalue weighted by atomic mass is 10.1. The molecular formula is C19H19FN2O5. The molecule has 0 spiro atoms. The summed E-state index contributed by atoms with van der Waals surface area (Å²) < 4.78 is 23.7. The predicted octanol–water partition coefficient (Wildman–Crippen LogP) is 2.98. The van der Waals surface area contributed by atoms with E-state index in [0.29, 0.717) is 11.4 Å². The molecule has 8 heteroatoms. The van der Waals surface area contributed by atoms with Gasteiger partial charge in [-0.25, -0.2) is 9.18 Å². The highest BCUT2D eigenvalue weighted by Crippen LogP contribution is 2.20. The molecule has 0 aliphatic rings. The van der Waals surface area contributed by atoms with Gasteiger partial charge in [-0.3, -0.25) is 9.59 Å². The number of carbonyl (C=O) groups excluding carboxylic acids is 3. The Bertz CT molecular complexity index is 819. The SMILES string of the molecule is CC(=O)Nc1cc(NC(C)=O)cc(C(=O)OCCOc2ccccc2F)c1. The number of rotatable bonds is 7. The van der Waals surface area contributed by atoms with Crippen LogP contribution >= 0.6 is 0 Å². The van der Waals surface area contributed by atoms with Crippen LogP contribution in [0.15, 0.2) is 42.5 Å². The van der Waals surface area contributed by atoms with Crippen molar-refractivity contribution in [3.63, 3.8) is 0 Å². The van der Waals surface area contributed by atoms with Crippen molar-refractivity contribution < 1.29 is 28.2 Å². The van der Waals surface area contributed by atoms with Crippen molar-refractivity contribution in [1.29, 1.82) is 0 Å². The highest BCUT2D eigenvalue weighted by atomic mass is 19.1. The van der Waals surface area contributed by atoms with Crippen LogP contribution in [0.2, 0.25) is 0 Å². The van der Waals surface area contributed by atoms with Gasteiger partial charge in [-0.05, 0) is 30.3 Å². The van der Waals surface area contributed by atoms with E-state index in [1.165, 1.54) is 50.2 Å². The van der Waals surface area contributed by atoms with Crippen molar-refractivity contribution in [2.45, 2.75) is 13.8 Å². The Labute approximate surface area is 155 Å². The molecule has 0 saturated carbocycles. The second-order valence-corrected chi connectivity index (χ2v) is 5.58. The first-order chi connectivity index (χ1) is 12.8. The van der Waals surface area contributed by atoms with Crippen molar-refractivity contribution in [1.82, 2.24) is 0 Å². The van der Waals surface area contributed by atoms with Gasteiger partial charge in [0.2, 0.25) is 11.8 Å². The Balaban J connectivity index is 2.00. The van der Waals surface area contributed by atoms with Gasteiger partial charge in [-0.1, -0.05) is 12.1 Å². The molecule has 7 nitrogen and oxygen atoms in total. The summed E-state index contributed by atoms with van der Waals surface area (Å²) in [5.41, 5.74) is 0.808. The minimum Gasteiger partial charge on any atom is -0.487 e. The molecule has 2 amide bonds. The first-order valence-electron chi connectivity index (χ1n) is 8.10. The van der Waals surface area contributed by atoms with Crippen molar-refractivity contribution in [3.8, 4) is 5.75 Å². The molecule has 2 N–H and O–H groups in total. The third kappa shape index (κ3) is 6.43. The van der Waals surface area contributed by atoms with Crippen LogP contribution < -0.4 is 15.4 Å². The van der Waals surface area contributed by atoms with Crippen LogP contribution in [0.3, 0.4) is 0 Å². The molecule has 0 aliphatic carbocycles. The van der Waals surface area contributed by atoms with Crippen molar-refractivity contribution in [3.05, 3.63) is 53.8 Å². The van der Waals surface area contributed by atoms with Crippen LogP contribution in [0.4, 0.5) is 15.8 Å². The molecule has 0 unspecified atom stereocenters. The smallest absolute Gasteiger partial charge is 0.338 e. The van der Waals surface area contributed by atoms with Gasteiger partial charge in [0, 0.05) is 25.2 Å². The maximum absolute atomic E-state index is 13.4. The van der Waals surface area contributed by atoms with Crippen LogP contribution in [0.5, 0.6) is 5.75 Å². The zero-order valence-electron chi connectivity index (χ0n) is 14.9. The van der Waals surface area contributed by atoms with Gasteiger partial charge < -0.3 is 20.1 Å². The van der Waals surface area contributed by atoms with Crippen LogP contribution in [-0.4, -0.2) is 31.0 Å². The van der Waals surface area contributed by atoms with E-state index in [-0.39, 0.29) is 36.3 Å². The van der Waals surface area contributed by atoms with E-state index >= 15 is 0 Å². The number of carbonyl (C=O) groups is 3. The fourth-order valence-corrected chi connectivity index (χ4v) is 2.23. The molecule has 0 radical (unpaired) electrons. The highest BCUT2D eigenvalue weighted by molar-refractivity contribution is 5.97. The maximum Gasteiger partial charge on any atom is 0.338 e. The molecule has 0 aromatic heterocycles. The highest BCUT2D eigenvalue weighted by Gasteiger charge is 2.12. The van der Waals surface area contributed by atoms with E-state index in [1.807, 2.05) is 0 Å². The van der Waals surface area contributed by atoms with E-state index in [0.717, 1.165) is 0 Å². The third-order valence-corrected chi connectivity index (χ3v) is 3.22. The summed E-state index contributed by atoms with van der Waals surface area (Å²) in [6, 6.07) is 10.3. The Hall–Kier alpha value is -3.42. The number of amides is 2. The molecule has 0 atom stereocenters. The maximum atomic E-state index is 13.4. The van der Waals surface area contributed by atoms with Gasteiger partial charge in [-0.15, -0.1) is 0 Å². The Kier molecular flexibility index (Phi) is 6.87. The number of nitrogens with one attached hydrogen (secondary N) is 2. The van der Waals surface area contributed by atoms with Crippen molar-refractivity contribution in [2.75, 3.05) is 23.8 Å². The largest absolute Gasteiger partial charge is 0.487 e. The lowest BCUT2D eigenvalue weighted by Crippen LogP contribution is -2.15. The first-order valence-corrected chi connectivity index (χ1v) is 8.10. The molecule has 0 fully saturated rings. The summed E-state index contributed by atoms with van der Waals surface area (Å²) in [6.07, 6.45) is 0. The predicted molar refractivity (Wildman–Crippen MR) is 97.2 cm³/mol. The summed E-state index contributed by atoms with van der Waals surface area (Å²) in [7, 11) is 0. The monoisotopic (exact) mass is 374 g/mol. The van der Waals surface area contributed by atoms with Crippen LogP contribution in [0.25, 0.3) is 0 Å². The quantitative estimate of drug-likeness (QED) is 0.574. The zero-order valence-corrected chi connectivity index (χ0v) is 14.9. The third-order valence-electron chi connectivity index (χ3n) is 3.22. The number of hydrogen-bond acceptors (Lipinski definition) is 5. The van der Waals surface area contributed by atoms with Crippen LogP contribution in [-0.2, 0) is 14.3 Å². The average Bonchev–Trinajstić information content (AvgIpc) is 2.58. The van der Waals surface area contributed by atoms with E-state index < -0.39 is 11.8 Å². The topological polar surface area (TPSA) is 93.7 Å². The Morgan fingerprint density at radius 2 is 1.52 bits per heavy atom. The summed E-state index contributed by atoms with van der Waals surface area (Å²) in [4.78, 5) is 34.7. The lowest BCUT2D eigenvalue weighted by molar-refractivity contribution is -0.115. The van der Waals surface area contributed by atoms with Crippen molar-refractivity contribution in [2.24, 2.45) is 0 Å². The number of esters is 1. The van der Waals surface area contributed by atoms with Gasteiger partial charge in [0.1, 0.15) is 13.2 Å². The minimum atomic E-state index is -0.675. The summed E-state index contributed by atoms with van der Waals surface area (Å²) >= 11 is 0. The average molecular weight is 374 g/mol. The second-order valence-electron chi connectivity index (χ2n) is 5.58. The summed E-state index contributed by atoms with van der Waals surface area (Å²) in [5.74, 6) is -1.77. The molecule has 2 rings (SSSR count). The molecule has 0 bridgehead atoms. The number of halogens is 1. The minimum absolute atomic E-state index is 0.0311. The van der Waals surface area contributed by atoms with Gasteiger partial charge in [0.25, 0.3) is 0 Å². The molecule has 2 aromatic carbocycles. The normalized spacial score (nSPS) is 10.0. The zero-order chi connectivity index (χ0) is 19.8. The van der Waals surface area contributed by atoms with E-state index in [4.69, 9.17) is 9.47 Å². The number of hydrogen-bond donors (Lipinski definition) is 2. The molecule has 0 saturated heterocycles. The fourth-order valence-electron chi connectivity index (χ4n) is 2.23. The number of ether oxygens (including phenoxy) is 2. The second kappa shape index (κ2) is 9.33. The summed E-state index contributed by atoms with van der Waals surface area (Å²) in [6.45, 7) is 2.51.